The van der Waals surface area contributed by atoms with Crippen molar-refractivity contribution in [3.8, 4) is 5.75 Å². The summed E-state index contributed by atoms with van der Waals surface area (Å²) in [5, 5.41) is 3.05. The lowest BCUT2D eigenvalue weighted by molar-refractivity contribution is 0.361. The number of halogens is 1. The molecule has 0 saturated carbocycles. The maximum Gasteiger partial charge on any atom is 0.120 e. The highest BCUT2D eigenvalue weighted by atomic mass is 35.5. The van der Waals surface area contributed by atoms with Crippen molar-refractivity contribution in [1.82, 2.24) is 5.32 Å². The van der Waals surface area contributed by atoms with Crippen LogP contribution in [0.4, 0.5) is 0 Å². The van der Waals surface area contributed by atoms with E-state index in [1.54, 1.807) is 0 Å². The van der Waals surface area contributed by atoms with Crippen molar-refractivity contribution < 1.29 is 4.74 Å². The molecule has 1 aromatic rings. The van der Waals surface area contributed by atoms with Crippen LogP contribution >= 0.6 is 12.4 Å². The van der Waals surface area contributed by atoms with Crippen molar-refractivity contribution in [2.24, 2.45) is 0 Å². The smallest absolute Gasteiger partial charge is 0.120 e. The highest BCUT2D eigenvalue weighted by Gasteiger charge is 2.13. The molecular formula is C15H24ClNO. The highest BCUT2D eigenvalue weighted by Crippen LogP contribution is 2.25. The Balaban J connectivity index is 0.00000289. The Kier molecular flexibility index (Phi) is 7.72. The van der Waals surface area contributed by atoms with Gasteiger partial charge < -0.3 is 10.1 Å². The Hall–Kier alpha value is -0.990. The van der Waals surface area contributed by atoms with E-state index in [4.69, 9.17) is 4.74 Å². The molecule has 3 heteroatoms. The van der Waals surface area contributed by atoms with Crippen LogP contribution in [0, 0.1) is 0 Å². The predicted molar refractivity (Wildman–Crippen MR) is 81.0 cm³/mol. The third kappa shape index (κ3) is 6.08. The van der Waals surface area contributed by atoms with Crippen LogP contribution in [0.15, 0.2) is 36.4 Å². The summed E-state index contributed by atoms with van der Waals surface area (Å²) in [5.41, 5.74) is 1.47. The zero-order valence-corrected chi connectivity index (χ0v) is 12.5. The third-order valence-electron chi connectivity index (χ3n) is 2.53. The quantitative estimate of drug-likeness (QED) is 0.826. The fourth-order valence-corrected chi connectivity index (χ4v) is 1.47. The maximum absolute atomic E-state index is 5.67. The summed E-state index contributed by atoms with van der Waals surface area (Å²) in [6.07, 6.45) is 4.09. The molecule has 0 spiro atoms. The Bertz CT molecular complexity index is 369. The van der Waals surface area contributed by atoms with Crippen molar-refractivity contribution in [2.75, 3.05) is 20.2 Å². The normalized spacial score (nSPS) is 11.3. The number of ether oxygens (including phenoxy) is 1. The molecule has 2 nitrogen and oxygen atoms in total. The minimum absolute atomic E-state index is 0. The average molecular weight is 270 g/mol. The molecule has 0 fully saturated rings. The highest BCUT2D eigenvalue weighted by molar-refractivity contribution is 5.85. The predicted octanol–water partition coefficient (Wildman–Crippen LogP) is 3.56. The lowest BCUT2D eigenvalue weighted by atomic mass is 9.87. The van der Waals surface area contributed by atoms with Gasteiger partial charge in [-0.3, -0.25) is 0 Å². The molecule has 0 aliphatic carbocycles. The molecule has 0 bridgehead atoms. The third-order valence-corrected chi connectivity index (χ3v) is 2.53. The number of likely N-dealkylation sites (N-methyl/N-ethyl adjacent to an activating group) is 1. The van der Waals surface area contributed by atoms with Crippen LogP contribution in [0.2, 0.25) is 0 Å². The Morgan fingerprint density at radius 1 is 1.22 bits per heavy atom. The molecule has 0 aliphatic rings. The van der Waals surface area contributed by atoms with Crippen LogP contribution in [0.1, 0.15) is 26.3 Å². The zero-order valence-electron chi connectivity index (χ0n) is 11.7. The Labute approximate surface area is 117 Å². The fourth-order valence-electron chi connectivity index (χ4n) is 1.47. The topological polar surface area (TPSA) is 21.3 Å². The molecule has 0 saturated heterocycles. The summed E-state index contributed by atoms with van der Waals surface area (Å²) in [4.78, 5) is 0. The number of rotatable bonds is 5. The molecule has 102 valence electrons. The molecule has 0 heterocycles. The molecule has 0 atom stereocenters. The van der Waals surface area contributed by atoms with Crippen LogP contribution in [0.25, 0.3) is 0 Å². The van der Waals surface area contributed by atoms with Crippen molar-refractivity contribution in [1.29, 1.82) is 0 Å². The summed E-state index contributed by atoms with van der Waals surface area (Å²) in [6.45, 7) is 8.12. The lowest BCUT2D eigenvalue weighted by Gasteiger charge is -2.19. The summed E-state index contributed by atoms with van der Waals surface area (Å²) < 4.78 is 5.67. The van der Waals surface area contributed by atoms with Gasteiger partial charge in [0.15, 0.2) is 0 Å². The molecule has 18 heavy (non-hydrogen) atoms. The second kappa shape index (κ2) is 8.17. The van der Waals surface area contributed by atoms with E-state index in [1.165, 1.54) is 5.56 Å². The van der Waals surface area contributed by atoms with Crippen LogP contribution in [-0.2, 0) is 5.41 Å². The van der Waals surface area contributed by atoms with E-state index >= 15 is 0 Å². The van der Waals surface area contributed by atoms with E-state index in [-0.39, 0.29) is 17.8 Å². The number of hydrogen-bond donors (Lipinski definition) is 1. The zero-order chi connectivity index (χ0) is 12.7. The van der Waals surface area contributed by atoms with Gasteiger partial charge in [-0.05, 0) is 30.2 Å². The minimum Gasteiger partial charge on any atom is -0.490 e. The second-order valence-electron chi connectivity index (χ2n) is 5.12. The maximum atomic E-state index is 5.67. The van der Waals surface area contributed by atoms with E-state index in [0.29, 0.717) is 6.61 Å². The largest absolute Gasteiger partial charge is 0.490 e. The Morgan fingerprint density at radius 2 is 1.94 bits per heavy atom. The van der Waals surface area contributed by atoms with Gasteiger partial charge in [0.1, 0.15) is 12.4 Å². The van der Waals surface area contributed by atoms with Crippen molar-refractivity contribution in [3.05, 3.63) is 42.0 Å². The van der Waals surface area contributed by atoms with E-state index in [1.807, 2.05) is 25.3 Å². The second-order valence-corrected chi connectivity index (χ2v) is 5.12. The first-order chi connectivity index (χ1) is 8.04. The van der Waals surface area contributed by atoms with E-state index in [2.05, 4.69) is 44.3 Å². The molecular weight excluding hydrogens is 246 g/mol. The van der Waals surface area contributed by atoms with Gasteiger partial charge in [0, 0.05) is 6.54 Å². The van der Waals surface area contributed by atoms with Gasteiger partial charge in [-0.2, -0.15) is 0 Å². The summed E-state index contributed by atoms with van der Waals surface area (Å²) in [5.74, 6) is 0.937. The monoisotopic (exact) mass is 269 g/mol. The molecule has 0 aromatic heterocycles. The van der Waals surface area contributed by atoms with Gasteiger partial charge >= 0.3 is 0 Å². The molecule has 0 aliphatic heterocycles. The van der Waals surface area contributed by atoms with E-state index in [0.717, 1.165) is 12.3 Å². The average Bonchev–Trinajstić information content (AvgIpc) is 2.28. The van der Waals surface area contributed by atoms with Gasteiger partial charge in [-0.15, -0.1) is 12.4 Å². The summed E-state index contributed by atoms with van der Waals surface area (Å²) >= 11 is 0. The van der Waals surface area contributed by atoms with Crippen molar-refractivity contribution in [2.45, 2.75) is 26.2 Å². The van der Waals surface area contributed by atoms with Gasteiger partial charge in [0.05, 0.1) is 0 Å². The number of benzene rings is 1. The molecule has 1 N–H and O–H groups in total. The first-order valence-corrected chi connectivity index (χ1v) is 6.07. The standard InChI is InChI=1S/C15H23NO.ClH/c1-15(2,3)13-8-7-9-14(12-13)17-11-6-5-10-16-4;/h5-9,12,16H,10-11H2,1-4H3;1H/b6-5+;. The molecule has 0 amide bonds. The van der Waals surface area contributed by atoms with Crippen LogP contribution < -0.4 is 10.1 Å². The van der Waals surface area contributed by atoms with Gasteiger partial charge in [0.25, 0.3) is 0 Å². The SMILES string of the molecule is CNC/C=C/COc1cccc(C(C)(C)C)c1.Cl. The first kappa shape index (κ1) is 17.0. The van der Waals surface area contributed by atoms with Crippen LogP contribution in [0.3, 0.4) is 0 Å². The van der Waals surface area contributed by atoms with Gasteiger partial charge in [-0.1, -0.05) is 45.1 Å². The fraction of sp³-hybridized carbons (Fsp3) is 0.467. The molecule has 0 radical (unpaired) electrons. The van der Waals surface area contributed by atoms with Crippen LogP contribution in [-0.4, -0.2) is 20.2 Å². The number of nitrogens with one attached hydrogen (secondary N) is 1. The van der Waals surface area contributed by atoms with E-state index < -0.39 is 0 Å². The van der Waals surface area contributed by atoms with Crippen molar-refractivity contribution >= 4 is 12.4 Å². The first-order valence-electron chi connectivity index (χ1n) is 6.07. The molecule has 1 rings (SSSR count). The van der Waals surface area contributed by atoms with Crippen molar-refractivity contribution in [3.63, 3.8) is 0 Å². The van der Waals surface area contributed by atoms with Gasteiger partial charge in [0.2, 0.25) is 0 Å². The van der Waals surface area contributed by atoms with E-state index in [9.17, 15) is 0 Å². The summed E-state index contributed by atoms with van der Waals surface area (Å²) in [7, 11) is 1.93. The number of hydrogen-bond acceptors (Lipinski definition) is 2. The Morgan fingerprint density at radius 3 is 2.56 bits per heavy atom. The van der Waals surface area contributed by atoms with Crippen LogP contribution in [0.5, 0.6) is 5.75 Å². The molecule has 1 aromatic carbocycles. The van der Waals surface area contributed by atoms with Gasteiger partial charge in [-0.25, -0.2) is 0 Å². The lowest BCUT2D eigenvalue weighted by Crippen LogP contribution is -2.11. The summed E-state index contributed by atoms with van der Waals surface area (Å²) in [6, 6.07) is 8.31. The molecule has 0 unspecified atom stereocenters. The minimum atomic E-state index is 0.